The number of piperazine rings is 1. The second-order valence-electron chi connectivity index (χ2n) is 6.96. The number of aromatic nitrogens is 3. The Morgan fingerprint density at radius 2 is 1.82 bits per heavy atom. The zero-order valence-corrected chi connectivity index (χ0v) is 15.9. The normalized spacial score (nSPS) is 15.2. The van der Waals surface area contributed by atoms with Crippen LogP contribution in [0.25, 0.3) is 11.0 Å². The number of anilines is 2. The van der Waals surface area contributed by atoms with E-state index in [1.165, 1.54) is 12.1 Å². The molecular weight excluding hydrogens is 362 g/mol. The van der Waals surface area contributed by atoms with Gasteiger partial charge in [-0.05, 0) is 19.1 Å². The summed E-state index contributed by atoms with van der Waals surface area (Å²) >= 11 is 0. The maximum Gasteiger partial charge on any atom is 0.172 e. The number of halogens is 2. The Morgan fingerprint density at radius 3 is 2.54 bits per heavy atom. The van der Waals surface area contributed by atoms with E-state index < -0.39 is 11.6 Å². The molecule has 0 spiro atoms. The quantitative estimate of drug-likeness (QED) is 0.746. The molecule has 1 aliphatic heterocycles. The second kappa shape index (κ2) is 7.63. The summed E-state index contributed by atoms with van der Waals surface area (Å²) in [6.45, 7) is 5.40. The van der Waals surface area contributed by atoms with Crippen LogP contribution in [0.2, 0.25) is 0 Å². The van der Waals surface area contributed by atoms with E-state index in [0.29, 0.717) is 12.1 Å². The van der Waals surface area contributed by atoms with E-state index in [2.05, 4.69) is 25.1 Å². The first-order chi connectivity index (χ1) is 13.5. The molecule has 2 aromatic heterocycles. The topological polar surface area (TPSA) is 57.2 Å². The number of nitrogens with one attached hydrogen (secondary N) is 1. The van der Waals surface area contributed by atoms with Gasteiger partial charge in [-0.1, -0.05) is 6.07 Å². The molecule has 1 fully saturated rings. The van der Waals surface area contributed by atoms with Crippen LogP contribution in [-0.2, 0) is 6.54 Å². The third-order valence-corrected chi connectivity index (χ3v) is 4.99. The number of pyridine rings is 1. The van der Waals surface area contributed by atoms with Crippen molar-refractivity contribution in [2.24, 2.45) is 0 Å². The van der Waals surface area contributed by atoms with E-state index in [4.69, 9.17) is 4.98 Å². The van der Waals surface area contributed by atoms with Crippen molar-refractivity contribution in [3.63, 3.8) is 0 Å². The number of benzene rings is 1. The first-order valence-electron chi connectivity index (χ1n) is 9.27. The molecule has 8 heteroatoms. The van der Waals surface area contributed by atoms with Crippen LogP contribution < -0.4 is 10.2 Å². The molecule has 0 radical (unpaired) electrons. The number of hydrogen-bond acceptors (Lipinski definition) is 6. The smallest absolute Gasteiger partial charge is 0.172 e. The van der Waals surface area contributed by atoms with Crippen LogP contribution in [-0.4, -0.2) is 53.1 Å². The highest BCUT2D eigenvalue weighted by Crippen LogP contribution is 2.26. The standard InChI is InChI=1S/C20H22F2N6/c1-13-9-17-18(11-24-13)26-20(19(23-2)25-17)28-7-5-27(6-8-28)12-14-3-4-15(21)10-16(14)22/h3-4,9-11H,5-8,12H2,1-2H3,(H,23,25). The summed E-state index contributed by atoms with van der Waals surface area (Å²) in [5.41, 5.74) is 2.98. The molecule has 28 heavy (non-hydrogen) atoms. The summed E-state index contributed by atoms with van der Waals surface area (Å²) in [6.07, 6.45) is 1.74. The van der Waals surface area contributed by atoms with E-state index in [1.54, 1.807) is 6.20 Å². The van der Waals surface area contributed by atoms with Gasteiger partial charge < -0.3 is 10.2 Å². The van der Waals surface area contributed by atoms with Crippen LogP contribution >= 0.6 is 0 Å². The van der Waals surface area contributed by atoms with E-state index in [-0.39, 0.29) is 0 Å². The Kier molecular flexibility index (Phi) is 5.04. The van der Waals surface area contributed by atoms with Crippen molar-refractivity contribution in [1.29, 1.82) is 0 Å². The number of fused-ring (bicyclic) bond motifs is 1. The molecule has 0 bridgehead atoms. The van der Waals surface area contributed by atoms with Gasteiger partial charge in [0.25, 0.3) is 0 Å². The molecular formula is C20H22F2N6. The Labute approximate surface area is 162 Å². The van der Waals surface area contributed by atoms with Crippen LogP contribution in [0.4, 0.5) is 20.4 Å². The highest BCUT2D eigenvalue weighted by Gasteiger charge is 2.22. The van der Waals surface area contributed by atoms with Crippen molar-refractivity contribution in [1.82, 2.24) is 19.9 Å². The lowest BCUT2D eigenvalue weighted by Crippen LogP contribution is -2.46. The summed E-state index contributed by atoms with van der Waals surface area (Å²) in [6, 6.07) is 5.67. The molecule has 4 rings (SSSR count). The Bertz CT molecular complexity index is 1000. The molecule has 146 valence electrons. The molecule has 3 aromatic rings. The first kappa shape index (κ1) is 18.5. The van der Waals surface area contributed by atoms with Crippen molar-refractivity contribution in [2.75, 3.05) is 43.4 Å². The summed E-state index contributed by atoms with van der Waals surface area (Å²) in [5.74, 6) is 0.484. The number of nitrogens with zero attached hydrogens (tertiary/aromatic N) is 5. The lowest BCUT2D eigenvalue weighted by Gasteiger charge is -2.36. The number of hydrogen-bond donors (Lipinski definition) is 1. The minimum absolute atomic E-state index is 0.464. The van der Waals surface area contributed by atoms with Crippen LogP contribution in [0.15, 0.2) is 30.5 Å². The van der Waals surface area contributed by atoms with Crippen LogP contribution in [0, 0.1) is 18.6 Å². The molecule has 6 nitrogen and oxygen atoms in total. The fourth-order valence-electron chi connectivity index (χ4n) is 3.45. The number of aryl methyl sites for hydroxylation is 1. The van der Waals surface area contributed by atoms with Gasteiger partial charge in [0.05, 0.1) is 11.7 Å². The Hall–Kier alpha value is -2.87. The van der Waals surface area contributed by atoms with Crippen molar-refractivity contribution in [3.05, 3.63) is 53.4 Å². The van der Waals surface area contributed by atoms with Gasteiger partial charge in [0.1, 0.15) is 17.2 Å². The molecule has 1 aliphatic rings. The molecule has 1 N–H and O–H groups in total. The summed E-state index contributed by atoms with van der Waals surface area (Å²) in [5, 5.41) is 3.13. The maximum absolute atomic E-state index is 13.9. The van der Waals surface area contributed by atoms with Gasteiger partial charge in [-0.2, -0.15) is 0 Å². The van der Waals surface area contributed by atoms with Gasteiger partial charge in [-0.25, -0.2) is 18.7 Å². The van der Waals surface area contributed by atoms with Crippen molar-refractivity contribution < 1.29 is 8.78 Å². The third kappa shape index (κ3) is 3.73. The predicted molar refractivity (Wildman–Crippen MR) is 105 cm³/mol. The van der Waals surface area contributed by atoms with E-state index in [1.807, 2.05) is 20.0 Å². The van der Waals surface area contributed by atoms with Gasteiger partial charge in [-0.3, -0.25) is 9.88 Å². The zero-order chi connectivity index (χ0) is 19.7. The Balaban J connectivity index is 1.49. The van der Waals surface area contributed by atoms with Crippen molar-refractivity contribution >= 4 is 22.7 Å². The average Bonchev–Trinajstić information content (AvgIpc) is 2.69. The van der Waals surface area contributed by atoms with E-state index in [0.717, 1.165) is 60.6 Å². The van der Waals surface area contributed by atoms with E-state index >= 15 is 0 Å². The molecule has 0 unspecified atom stereocenters. The zero-order valence-electron chi connectivity index (χ0n) is 15.9. The molecule has 0 amide bonds. The summed E-state index contributed by atoms with van der Waals surface area (Å²) < 4.78 is 27.0. The number of rotatable bonds is 4. The predicted octanol–water partition coefficient (Wildman–Crippen LogP) is 2.98. The molecule has 0 saturated carbocycles. The van der Waals surface area contributed by atoms with Crippen LogP contribution in [0.5, 0.6) is 0 Å². The molecule has 0 atom stereocenters. The minimum Gasteiger partial charge on any atom is -0.370 e. The largest absolute Gasteiger partial charge is 0.370 e. The fraction of sp³-hybridized carbons (Fsp3) is 0.350. The van der Waals surface area contributed by atoms with Gasteiger partial charge in [0.2, 0.25) is 0 Å². The lowest BCUT2D eigenvalue weighted by molar-refractivity contribution is 0.246. The summed E-state index contributed by atoms with van der Waals surface area (Å²) in [7, 11) is 1.83. The molecule has 1 aromatic carbocycles. The van der Waals surface area contributed by atoms with Gasteiger partial charge >= 0.3 is 0 Å². The molecule has 0 aliphatic carbocycles. The van der Waals surface area contributed by atoms with Gasteiger partial charge in [0, 0.05) is 57.1 Å². The monoisotopic (exact) mass is 384 g/mol. The average molecular weight is 384 g/mol. The SMILES string of the molecule is CNc1nc2cc(C)ncc2nc1N1CCN(Cc2ccc(F)cc2F)CC1. The minimum atomic E-state index is -0.551. The molecule has 3 heterocycles. The highest BCUT2D eigenvalue weighted by molar-refractivity contribution is 5.80. The van der Waals surface area contributed by atoms with Gasteiger partial charge in [-0.15, -0.1) is 0 Å². The Morgan fingerprint density at radius 1 is 1.04 bits per heavy atom. The summed E-state index contributed by atoms with van der Waals surface area (Å²) in [4.78, 5) is 18.1. The van der Waals surface area contributed by atoms with Crippen molar-refractivity contribution in [2.45, 2.75) is 13.5 Å². The first-order valence-corrected chi connectivity index (χ1v) is 9.27. The van der Waals surface area contributed by atoms with E-state index in [9.17, 15) is 8.78 Å². The fourth-order valence-corrected chi connectivity index (χ4v) is 3.45. The molecule has 1 saturated heterocycles. The van der Waals surface area contributed by atoms with Crippen LogP contribution in [0.1, 0.15) is 11.3 Å². The highest BCUT2D eigenvalue weighted by atomic mass is 19.1. The second-order valence-corrected chi connectivity index (χ2v) is 6.96. The van der Waals surface area contributed by atoms with Crippen LogP contribution in [0.3, 0.4) is 0 Å². The maximum atomic E-state index is 13.9. The van der Waals surface area contributed by atoms with Crippen molar-refractivity contribution in [3.8, 4) is 0 Å². The van der Waals surface area contributed by atoms with Gasteiger partial charge in [0.15, 0.2) is 11.6 Å². The third-order valence-electron chi connectivity index (χ3n) is 4.99. The lowest BCUT2D eigenvalue weighted by atomic mass is 10.1.